The van der Waals surface area contributed by atoms with E-state index in [1.807, 2.05) is 26.0 Å². The standard InChI is InChI=1S/C20H19ClFN5OS/c1-3-16-24-25-20-27(16)26-17(12-5-7-13(22)8-6-12)18(29-20)19(28)23-14-9-4-11(2)15(21)10-14/h4-10,17-18,26H,3H2,1-2H3,(H,23,28)/t17-,18+/m1/s1. The molecule has 0 bridgehead atoms. The van der Waals surface area contributed by atoms with Crippen LogP contribution in [0.25, 0.3) is 0 Å². The molecule has 3 aromatic rings. The third-order valence-electron chi connectivity index (χ3n) is 4.75. The molecule has 1 aliphatic rings. The number of carbonyl (C=O) groups is 1. The van der Waals surface area contributed by atoms with Gasteiger partial charge in [0.25, 0.3) is 0 Å². The molecule has 6 nitrogen and oxygen atoms in total. The Hall–Kier alpha value is -2.58. The van der Waals surface area contributed by atoms with Crippen LogP contribution in [0.4, 0.5) is 10.1 Å². The monoisotopic (exact) mass is 431 g/mol. The maximum Gasteiger partial charge on any atom is 0.240 e. The fourth-order valence-electron chi connectivity index (χ4n) is 3.13. The lowest BCUT2D eigenvalue weighted by molar-refractivity contribution is -0.116. The van der Waals surface area contributed by atoms with Gasteiger partial charge in [-0.1, -0.05) is 48.5 Å². The molecule has 0 unspecified atom stereocenters. The highest BCUT2D eigenvalue weighted by Gasteiger charge is 2.37. The first kappa shape index (κ1) is 19.7. The number of amides is 1. The van der Waals surface area contributed by atoms with Gasteiger partial charge in [-0.2, -0.15) is 0 Å². The van der Waals surface area contributed by atoms with E-state index >= 15 is 0 Å². The van der Waals surface area contributed by atoms with Gasteiger partial charge in [0.1, 0.15) is 11.1 Å². The summed E-state index contributed by atoms with van der Waals surface area (Å²) in [6.45, 7) is 3.88. The zero-order valence-electron chi connectivity index (χ0n) is 15.8. The molecular formula is C20H19ClFN5OS. The van der Waals surface area contributed by atoms with Gasteiger partial charge < -0.3 is 10.7 Å². The number of nitrogens with zero attached hydrogens (tertiary/aromatic N) is 3. The summed E-state index contributed by atoms with van der Waals surface area (Å²) in [6.07, 6.45) is 0.690. The Morgan fingerprint density at radius 2 is 2.03 bits per heavy atom. The second-order valence-corrected chi connectivity index (χ2v) is 8.25. The number of hydrogen-bond donors (Lipinski definition) is 2. The van der Waals surface area contributed by atoms with Crippen LogP contribution in [0.1, 0.15) is 29.9 Å². The Balaban J connectivity index is 1.66. The number of aryl methyl sites for hydroxylation is 2. The molecular weight excluding hydrogens is 413 g/mol. The minimum Gasteiger partial charge on any atom is -0.325 e. The molecule has 4 rings (SSSR count). The van der Waals surface area contributed by atoms with Gasteiger partial charge in [-0.15, -0.1) is 10.2 Å². The maximum absolute atomic E-state index is 13.4. The van der Waals surface area contributed by atoms with Gasteiger partial charge >= 0.3 is 0 Å². The van der Waals surface area contributed by atoms with Crippen LogP contribution in [0.3, 0.4) is 0 Å². The van der Waals surface area contributed by atoms with Crippen LogP contribution in [0.5, 0.6) is 0 Å². The van der Waals surface area contributed by atoms with Crippen LogP contribution in [-0.4, -0.2) is 26.0 Å². The quantitative estimate of drug-likeness (QED) is 0.643. The summed E-state index contributed by atoms with van der Waals surface area (Å²) in [4.78, 5) is 13.2. The summed E-state index contributed by atoms with van der Waals surface area (Å²) in [6, 6.07) is 11.1. The van der Waals surface area contributed by atoms with Crippen LogP contribution >= 0.6 is 23.4 Å². The number of halogens is 2. The molecule has 2 heterocycles. The predicted molar refractivity (Wildman–Crippen MR) is 112 cm³/mol. The van der Waals surface area contributed by atoms with E-state index in [9.17, 15) is 9.18 Å². The molecule has 0 spiro atoms. The topological polar surface area (TPSA) is 71.8 Å². The van der Waals surface area contributed by atoms with Crippen molar-refractivity contribution in [3.05, 3.63) is 70.3 Å². The van der Waals surface area contributed by atoms with E-state index in [-0.39, 0.29) is 11.7 Å². The number of nitrogens with one attached hydrogen (secondary N) is 2. The van der Waals surface area contributed by atoms with Crippen molar-refractivity contribution in [3.8, 4) is 0 Å². The molecule has 2 N–H and O–H groups in total. The predicted octanol–water partition coefficient (Wildman–Crippen LogP) is 4.34. The van der Waals surface area contributed by atoms with Gasteiger partial charge in [0.15, 0.2) is 5.82 Å². The Morgan fingerprint density at radius 3 is 2.72 bits per heavy atom. The van der Waals surface area contributed by atoms with Crippen molar-refractivity contribution in [2.45, 2.75) is 36.7 Å². The van der Waals surface area contributed by atoms with Crippen molar-refractivity contribution in [1.29, 1.82) is 0 Å². The summed E-state index contributed by atoms with van der Waals surface area (Å²) in [5.41, 5.74) is 5.67. The third kappa shape index (κ3) is 3.95. The van der Waals surface area contributed by atoms with Crippen LogP contribution < -0.4 is 10.7 Å². The number of rotatable bonds is 4. The number of hydrogen-bond acceptors (Lipinski definition) is 5. The van der Waals surface area contributed by atoms with E-state index in [2.05, 4.69) is 20.9 Å². The van der Waals surface area contributed by atoms with E-state index in [4.69, 9.17) is 11.6 Å². The Kier molecular flexibility index (Phi) is 5.47. The molecule has 0 radical (unpaired) electrons. The van der Waals surface area contributed by atoms with Gasteiger partial charge in [0.05, 0.1) is 6.04 Å². The fourth-order valence-corrected chi connectivity index (χ4v) is 4.41. The molecule has 0 aliphatic carbocycles. The van der Waals surface area contributed by atoms with E-state index in [0.29, 0.717) is 22.3 Å². The van der Waals surface area contributed by atoms with E-state index in [1.54, 1.807) is 22.9 Å². The Bertz CT molecular complexity index is 1060. The average Bonchev–Trinajstić information content (AvgIpc) is 3.12. The van der Waals surface area contributed by atoms with Gasteiger partial charge in [-0.25, -0.2) is 9.07 Å². The summed E-state index contributed by atoms with van der Waals surface area (Å²) in [5.74, 6) is 0.236. The summed E-state index contributed by atoms with van der Waals surface area (Å²) < 4.78 is 15.2. The number of anilines is 1. The normalized spacial score (nSPS) is 18.1. The highest BCUT2D eigenvalue weighted by Crippen LogP contribution is 2.37. The molecule has 1 amide bonds. The molecule has 9 heteroatoms. The highest BCUT2D eigenvalue weighted by molar-refractivity contribution is 8.00. The second-order valence-electron chi connectivity index (χ2n) is 6.74. The van der Waals surface area contributed by atoms with Crippen molar-refractivity contribution in [2.75, 3.05) is 10.7 Å². The fraction of sp³-hybridized carbons (Fsp3) is 0.250. The van der Waals surface area contributed by atoms with Crippen LogP contribution in [0.15, 0.2) is 47.6 Å². The molecule has 0 saturated heterocycles. The number of benzene rings is 2. The van der Waals surface area contributed by atoms with Gasteiger partial charge in [-0.05, 0) is 42.3 Å². The van der Waals surface area contributed by atoms with Crippen LogP contribution in [0.2, 0.25) is 5.02 Å². The zero-order chi connectivity index (χ0) is 20.5. The lowest BCUT2D eigenvalue weighted by atomic mass is 10.0. The Labute approximate surface area is 176 Å². The smallest absolute Gasteiger partial charge is 0.240 e. The number of aromatic nitrogens is 3. The molecule has 0 saturated carbocycles. The second kappa shape index (κ2) is 8.04. The largest absolute Gasteiger partial charge is 0.325 e. The van der Waals surface area contributed by atoms with E-state index in [1.165, 1.54) is 23.9 Å². The van der Waals surface area contributed by atoms with Crippen molar-refractivity contribution in [1.82, 2.24) is 14.9 Å². The number of carbonyl (C=O) groups excluding carboxylic acids is 1. The molecule has 1 aromatic heterocycles. The van der Waals surface area contributed by atoms with Crippen molar-refractivity contribution < 1.29 is 9.18 Å². The number of fused-ring (bicyclic) bond motifs is 1. The summed E-state index contributed by atoms with van der Waals surface area (Å²) >= 11 is 7.51. The van der Waals surface area contributed by atoms with Gasteiger partial charge in [0, 0.05) is 17.1 Å². The molecule has 0 fully saturated rings. The lowest BCUT2D eigenvalue weighted by Gasteiger charge is -2.33. The first-order valence-electron chi connectivity index (χ1n) is 9.16. The first-order chi connectivity index (χ1) is 14.0. The van der Waals surface area contributed by atoms with Crippen molar-refractivity contribution in [3.63, 3.8) is 0 Å². The van der Waals surface area contributed by atoms with Crippen molar-refractivity contribution >= 4 is 35.0 Å². The van der Waals surface area contributed by atoms with Gasteiger partial charge in [0.2, 0.25) is 11.1 Å². The average molecular weight is 432 g/mol. The molecule has 2 aromatic carbocycles. The summed E-state index contributed by atoms with van der Waals surface area (Å²) in [7, 11) is 0. The number of thioether (sulfide) groups is 1. The zero-order valence-corrected chi connectivity index (χ0v) is 17.4. The van der Waals surface area contributed by atoms with Crippen LogP contribution in [0, 0.1) is 12.7 Å². The lowest BCUT2D eigenvalue weighted by Crippen LogP contribution is -2.41. The van der Waals surface area contributed by atoms with Crippen molar-refractivity contribution in [2.24, 2.45) is 0 Å². The molecule has 2 atom stereocenters. The maximum atomic E-state index is 13.4. The minimum atomic E-state index is -0.540. The first-order valence-corrected chi connectivity index (χ1v) is 10.4. The molecule has 29 heavy (non-hydrogen) atoms. The van der Waals surface area contributed by atoms with E-state index < -0.39 is 11.3 Å². The van der Waals surface area contributed by atoms with Crippen LogP contribution in [-0.2, 0) is 11.2 Å². The van der Waals surface area contributed by atoms with Gasteiger partial charge in [-0.3, -0.25) is 4.79 Å². The van der Waals surface area contributed by atoms with E-state index in [0.717, 1.165) is 17.0 Å². The highest BCUT2D eigenvalue weighted by atomic mass is 35.5. The molecule has 150 valence electrons. The summed E-state index contributed by atoms with van der Waals surface area (Å²) in [5, 5.41) is 11.9. The molecule has 1 aliphatic heterocycles. The Morgan fingerprint density at radius 1 is 1.28 bits per heavy atom. The third-order valence-corrected chi connectivity index (χ3v) is 6.37. The minimum absolute atomic E-state index is 0.205. The SMILES string of the molecule is CCc1nnc2n1N[C@H](c1ccc(F)cc1)[C@@H](C(=O)Nc1ccc(C)c(Cl)c1)S2.